The average Bonchev–Trinajstić information content (AvgIpc) is 2.47. The largest absolute Gasteiger partial charge is 0.575 e. The third-order valence-corrected chi connectivity index (χ3v) is 10.8. The van der Waals surface area contributed by atoms with E-state index in [2.05, 4.69) is 6.92 Å². The molecular formula is C12H30O6SSi2. The van der Waals surface area contributed by atoms with Crippen molar-refractivity contribution < 1.29 is 26.6 Å². The molecule has 0 saturated carbocycles. The molecule has 0 aliphatic heterocycles. The maximum Gasteiger partial charge on any atom is 0.575 e. The third kappa shape index (κ3) is 7.57. The van der Waals surface area contributed by atoms with Crippen molar-refractivity contribution in [3.05, 3.63) is 0 Å². The van der Waals surface area contributed by atoms with E-state index >= 15 is 0 Å². The SMILES string of the molecule is CCC[Si](OC)(OC)OCS[Si](OCC)(OCC)OCC. The highest BCUT2D eigenvalue weighted by Crippen LogP contribution is 2.27. The normalized spacial score (nSPS) is 12.9. The van der Waals surface area contributed by atoms with Gasteiger partial charge in [0.25, 0.3) is 0 Å². The molecule has 128 valence electrons. The Morgan fingerprint density at radius 3 is 1.57 bits per heavy atom. The summed E-state index contributed by atoms with van der Waals surface area (Å²) in [4.78, 5) is 0. The Morgan fingerprint density at radius 1 is 0.762 bits per heavy atom. The minimum atomic E-state index is -2.74. The summed E-state index contributed by atoms with van der Waals surface area (Å²) < 4.78 is 34.2. The molecule has 0 aromatic heterocycles. The van der Waals surface area contributed by atoms with E-state index < -0.39 is 16.8 Å². The summed E-state index contributed by atoms with van der Waals surface area (Å²) >= 11 is 1.45. The summed E-state index contributed by atoms with van der Waals surface area (Å²) in [6.07, 6.45) is 0.948. The van der Waals surface area contributed by atoms with Crippen molar-refractivity contribution >= 4 is 28.0 Å². The first kappa shape index (κ1) is 21.5. The molecule has 0 aliphatic rings. The second kappa shape index (κ2) is 12.0. The van der Waals surface area contributed by atoms with E-state index in [1.165, 1.54) is 11.2 Å². The zero-order valence-corrected chi connectivity index (χ0v) is 16.9. The fraction of sp³-hybridized carbons (Fsp3) is 1.00. The predicted octanol–water partition coefficient (Wildman–Crippen LogP) is 2.88. The summed E-state index contributed by atoms with van der Waals surface area (Å²) in [5.41, 5.74) is 0. The fourth-order valence-electron chi connectivity index (χ4n) is 1.76. The Balaban J connectivity index is 4.64. The van der Waals surface area contributed by atoms with Gasteiger partial charge in [0.1, 0.15) is 0 Å². The molecule has 0 aromatic carbocycles. The van der Waals surface area contributed by atoms with Gasteiger partial charge < -0.3 is 26.6 Å². The van der Waals surface area contributed by atoms with Crippen molar-refractivity contribution in [2.24, 2.45) is 0 Å². The summed E-state index contributed by atoms with van der Waals surface area (Å²) in [5, 5.41) is 0. The Bertz CT molecular complexity index is 239. The van der Waals surface area contributed by atoms with Crippen molar-refractivity contribution in [3.8, 4) is 0 Å². The molecule has 0 heterocycles. The zero-order valence-electron chi connectivity index (χ0n) is 14.1. The van der Waals surface area contributed by atoms with Gasteiger partial charge in [-0.2, -0.15) is 0 Å². The van der Waals surface area contributed by atoms with Gasteiger partial charge in [0.05, 0.1) is 5.94 Å². The van der Waals surface area contributed by atoms with E-state index in [1.54, 1.807) is 14.2 Å². The minimum absolute atomic E-state index is 0.375. The standard InChI is InChI=1S/C12H30O6SSi2/c1-7-11-20(13-5,14-6)18-12-19-21(15-8-2,16-9-3)17-10-4/h7-12H2,1-6H3. The number of hydrogen-bond donors (Lipinski definition) is 0. The van der Waals surface area contributed by atoms with Gasteiger partial charge in [0.2, 0.25) is 0 Å². The molecule has 0 aromatic rings. The monoisotopic (exact) mass is 358 g/mol. The first-order valence-electron chi connectivity index (χ1n) is 7.37. The topological polar surface area (TPSA) is 55.4 Å². The Morgan fingerprint density at radius 2 is 1.24 bits per heavy atom. The quantitative estimate of drug-likeness (QED) is 0.349. The lowest BCUT2D eigenvalue weighted by Crippen LogP contribution is -2.47. The van der Waals surface area contributed by atoms with Gasteiger partial charge in [-0.25, -0.2) is 0 Å². The lowest BCUT2D eigenvalue weighted by Gasteiger charge is -2.30. The van der Waals surface area contributed by atoms with Crippen LogP contribution in [0.25, 0.3) is 0 Å². The Hall–Kier alpha value is 0.544. The molecule has 6 nitrogen and oxygen atoms in total. The van der Waals surface area contributed by atoms with E-state index in [-0.39, 0.29) is 0 Å². The van der Waals surface area contributed by atoms with E-state index in [0.29, 0.717) is 25.8 Å². The van der Waals surface area contributed by atoms with Crippen LogP contribution in [0.15, 0.2) is 0 Å². The first-order valence-corrected chi connectivity index (χ1v) is 12.7. The molecule has 0 aliphatic carbocycles. The Labute approximate surface area is 135 Å². The van der Waals surface area contributed by atoms with Crippen molar-refractivity contribution in [3.63, 3.8) is 0 Å². The minimum Gasteiger partial charge on any atom is -0.377 e. The van der Waals surface area contributed by atoms with Gasteiger partial charge in [-0.05, 0) is 20.8 Å². The summed E-state index contributed by atoms with van der Waals surface area (Å²) in [6, 6.07) is 0.785. The zero-order chi connectivity index (χ0) is 16.2. The van der Waals surface area contributed by atoms with E-state index in [0.717, 1.165) is 12.5 Å². The Kier molecular flexibility index (Phi) is 12.3. The maximum atomic E-state index is 5.92. The molecule has 0 bridgehead atoms. The molecule has 0 spiro atoms. The smallest absolute Gasteiger partial charge is 0.377 e. The van der Waals surface area contributed by atoms with Crippen LogP contribution in [-0.4, -0.2) is 56.7 Å². The van der Waals surface area contributed by atoms with Crippen molar-refractivity contribution in [2.45, 2.75) is 40.2 Å². The second-order valence-corrected chi connectivity index (χ2v) is 11.8. The van der Waals surface area contributed by atoms with Gasteiger partial charge in [0, 0.05) is 40.1 Å². The third-order valence-electron chi connectivity index (χ3n) is 2.66. The summed E-state index contributed by atoms with van der Waals surface area (Å²) in [7, 11) is -2.05. The van der Waals surface area contributed by atoms with Crippen LogP contribution in [0.4, 0.5) is 0 Å². The van der Waals surface area contributed by atoms with Crippen LogP contribution < -0.4 is 0 Å². The van der Waals surface area contributed by atoms with Crippen LogP contribution in [-0.2, 0) is 26.6 Å². The highest BCUT2D eigenvalue weighted by Gasteiger charge is 2.45. The molecule has 21 heavy (non-hydrogen) atoms. The predicted molar refractivity (Wildman–Crippen MR) is 89.0 cm³/mol. The van der Waals surface area contributed by atoms with Gasteiger partial charge in [-0.3, -0.25) is 0 Å². The van der Waals surface area contributed by atoms with Crippen LogP contribution in [0.2, 0.25) is 6.04 Å². The van der Waals surface area contributed by atoms with E-state index in [9.17, 15) is 0 Å². The van der Waals surface area contributed by atoms with Gasteiger partial charge in [-0.15, -0.1) is 0 Å². The molecule has 9 heteroatoms. The van der Waals surface area contributed by atoms with Gasteiger partial charge in [0.15, 0.2) is 0 Å². The molecule has 0 rings (SSSR count). The number of hydrogen-bond acceptors (Lipinski definition) is 7. The highest BCUT2D eigenvalue weighted by atomic mass is 32.4. The molecule has 0 amide bonds. The molecule has 0 N–H and O–H groups in total. The van der Waals surface area contributed by atoms with Crippen LogP contribution in [0.3, 0.4) is 0 Å². The molecule has 0 radical (unpaired) electrons. The van der Waals surface area contributed by atoms with Crippen LogP contribution in [0.5, 0.6) is 0 Å². The molecule has 0 unspecified atom stereocenters. The van der Waals surface area contributed by atoms with E-state index in [1.807, 2.05) is 20.8 Å². The molecular weight excluding hydrogens is 328 g/mol. The molecule has 0 saturated heterocycles. The van der Waals surface area contributed by atoms with Gasteiger partial charge >= 0.3 is 16.8 Å². The van der Waals surface area contributed by atoms with Crippen LogP contribution >= 0.6 is 11.2 Å². The first-order chi connectivity index (χ1) is 10.1. The van der Waals surface area contributed by atoms with Crippen LogP contribution in [0, 0.1) is 0 Å². The maximum absolute atomic E-state index is 5.92. The van der Waals surface area contributed by atoms with Crippen molar-refractivity contribution in [2.75, 3.05) is 40.0 Å². The molecule has 0 fully saturated rings. The summed E-state index contributed by atoms with van der Waals surface area (Å²) in [6.45, 7) is 9.52. The molecule has 0 atom stereocenters. The lowest BCUT2D eigenvalue weighted by molar-refractivity contribution is 0.0945. The lowest BCUT2D eigenvalue weighted by atomic mass is 10.6. The van der Waals surface area contributed by atoms with Crippen molar-refractivity contribution in [1.82, 2.24) is 0 Å². The number of rotatable bonds is 14. The average molecular weight is 359 g/mol. The fourth-order valence-corrected chi connectivity index (χ4v) is 8.76. The van der Waals surface area contributed by atoms with Crippen LogP contribution in [0.1, 0.15) is 34.1 Å². The van der Waals surface area contributed by atoms with Gasteiger partial charge in [-0.1, -0.05) is 24.6 Å². The highest BCUT2D eigenvalue weighted by molar-refractivity contribution is 8.26. The second-order valence-electron chi connectivity index (χ2n) is 4.05. The van der Waals surface area contributed by atoms with E-state index in [4.69, 9.17) is 26.6 Å². The van der Waals surface area contributed by atoms with Crippen molar-refractivity contribution in [1.29, 1.82) is 0 Å². The summed E-state index contributed by atoms with van der Waals surface area (Å²) in [5.74, 6) is 0.375.